The van der Waals surface area contributed by atoms with E-state index in [2.05, 4.69) is 15.6 Å². The maximum absolute atomic E-state index is 13.8. The summed E-state index contributed by atoms with van der Waals surface area (Å²) in [6.07, 6.45) is -1.17. The molecule has 0 radical (unpaired) electrons. The average molecular weight is 471 g/mol. The molecular formula is C21H19ClF4N4O2. The lowest BCUT2D eigenvalue weighted by Gasteiger charge is -2.37. The lowest BCUT2D eigenvalue weighted by Crippen LogP contribution is -2.56. The number of piperidine rings is 1. The van der Waals surface area contributed by atoms with E-state index < -0.39 is 29.8 Å². The Bertz CT molecular complexity index is 1150. The number of aromatic nitrogens is 2. The van der Waals surface area contributed by atoms with Crippen LogP contribution in [0.1, 0.15) is 37.1 Å². The summed E-state index contributed by atoms with van der Waals surface area (Å²) in [6.45, 7) is 1.38. The van der Waals surface area contributed by atoms with Crippen molar-refractivity contribution in [3.63, 3.8) is 0 Å². The minimum Gasteiger partial charge on any atom is -0.473 e. The number of carbonyl (C=O) groups excluding carboxylic acids is 1. The standard InChI is InChI=1S/C21H19ClF4N4O2/c1-11(31)27-17-5-4-16(29-20(17)32-13-2-3-14(22)15(23)9-13)18-10-30-7-6-12(21(24,25)26)8-19(30)28-18/h2-3,6-10,16-17,20,29H,4-5H2,1H3,(H,27,31)/t16-,17+,20?/m1/s1. The van der Waals surface area contributed by atoms with E-state index in [1.54, 1.807) is 6.20 Å². The number of ether oxygens (including phenoxy) is 1. The molecule has 0 spiro atoms. The van der Waals surface area contributed by atoms with Crippen molar-refractivity contribution in [3.05, 3.63) is 64.8 Å². The molecule has 11 heteroatoms. The Labute approximate surface area is 185 Å². The van der Waals surface area contributed by atoms with Crippen molar-refractivity contribution in [2.75, 3.05) is 0 Å². The molecule has 3 atom stereocenters. The summed E-state index contributed by atoms with van der Waals surface area (Å²) in [5.74, 6) is -0.683. The fourth-order valence-corrected chi connectivity index (χ4v) is 3.81. The third-order valence-corrected chi connectivity index (χ3v) is 5.51. The average Bonchev–Trinajstić information content (AvgIpc) is 3.14. The number of rotatable bonds is 4. The number of amides is 1. The highest BCUT2D eigenvalue weighted by Crippen LogP contribution is 2.32. The van der Waals surface area contributed by atoms with E-state index in [0.29, 0.717) is 18.5 Å². The maximum atomic E-state index is 13.8. The third-order valence-electron chi connectivity index (χ3n) is 5.20. The number of pyridine rings is 1. The van der Waals surface area contributed by atoms with Crippen LogP contribution >= 0.6 is 11.6 Å². The first-order valence-electron chi connectivity index (χ1n) is 9.81. The lowest BCUT2D eigenvalue weighted by molar-refractivity contribution is -0.137. The number of hydrogen-bond donors (Lipinski definition) is 2. The number of fused-ring (bicyclic) bond motifs is 1. The molecule has 3 aromatic rings. The molecule has 1 aliphatic heterocycles. The molecule has 32 heavy (non-hydrogen) atoms. The molecule has 1 amide bonds. The van der Waals surface area contributed by atoms with Crippen molar-refractivity contribution >= 4 is 23.2 Å². The van der Waals surface area contributed by atoms with E-state index in [-0.39, 0.29) is 28.4 Å². The van der Waals surface area contributed by atoms with Crippen LogP contribution in [0.15, 0.2) is 42.7 Å². The fourth-order valence-electron chi connectivity index (χ4n) is 3.70. The van der Waals surface area contributed by atoms with Crippen LogP contribution in [0.25, 0.3) is 5.65 Å². The summed E-state index contributed by atoms with van der Waals surface area (Å²) < 4.78 is 60.2. The number of imidazole rings is 1. The molecule has 0 saturated carbocycles. The largest absolute Gasteiger partial charge is 0.473 e. The Morgan fingerprint density at radius 2 is 2.06 bits per heavy atom. The van der Waals surface area contributed by atoms with Crippen molar-refractivity contribution in [2.45, 2.75) is 44.3 Å². The number of carbonyl (C=O) groups is 1. The Balaban J connectivity index is 1.58. The number of nitrogens with zero attached hydrogens (tertiary/aromatic N) is 2. The molecule has 1 saturated heterocycles. The van der Waals surface area contributed by atoms with Crippen molar-refractivity contribution < 1.29 is 27.1 Å². The third kappa shape index (κ3) is 4.81. The van der Waals surface area contributed by atoms with Crippen LogP contribution in [0.2, 0.25) is 5.02 Å². The van der Waals surface area contributed by atoms with Crippen molar-refractivity contribution in [1.29, 1.82) is 0 Å². The molecule has 2 aromatic heterocycles. The molecule has 0 aliphatic carbocycles. The summed E-state index contributed by atoms with van der Waals surface area (Å²) in [5, 5.41) is 5.98. The second-order valence-electron chi connectivity index (χ2n) is 7.56. The molecule has 4 rings (SSSR count). The van der Waals surface area contributed by atoms with Crippen molar-refractivity contribution in [3.8, 4) is 5.75 Å². The normalized spacial score (nSPS) is 21.5. The second kappa shape index (κ2) is 8.59. The highest BCUT2D eigenvalue weighted by Gasteiger charge is 2.35. The lowest BCUT2D eigenvalue weighted by atomic mass is 9.97. The van der Waals surface area contributed by atoms with Crippen LogP contribution in [0.3, 0.4) is 0 Å². The van der Waals surface area contributed by atoms with Gasteiger partial charge in [0, 0.05) is 25.4 Å². The van der Waals surface area contributed by atoms with Gasteiger partial charge in [-0.25, -0.2) is 9.37 Å². The first-order chi connectivity index (χ1) is 15.1. The molecule has 170 valence electrons. The van der Waals surface area contributed by atoms with Gasteiger partial charge in [0.2, 0.25) is 5.91 Å². The van der Waals surface area contributed by atoms with Gasteiger partial charge >= 0.3 is 6.18 Å². The SMILES string of the molecule is CC(=O)N[C@H]1CC[C@H](c2cn3ccc(C(F)(F)F)cc3n2)NC1Oc1ccc(Cl)c(F)c1. The summed E-state index contributed by atoms with van der Waals surface area (Å²) in [4.78, 5) is 16.0. The zero-order chi connectivity index (χ0) is 23.0. The summed E-state index contributed by atoms with van der Waals surface area (Å²) in [6, 6.07) is 5.22. The number of nitrogens with one attached hydrogen (secondary N) is 2. The number of halogens is 5. The van der Waals surface area contributed by atoms with Crippen LogP contribution in [0, 0.1) is 5.82 Å². The quantitative estimate of drug-likeness (QED) is 0.552. The summed E-state index contributed by atoms with van der Waals surface area (Å²) >= 11 is 5.72. The van der Waals surface area contributed by atoms with Crippen LogP contribution < -0.4 is 15.4 Å². The van der Waals surface area contributed by atoms with Crippen molar-refractivity contribution in [1.82, 2.24) is 20.0 Å². The second-order valence-corrected chi connectivity index (χ2v) is 7.97. The predicted molar refractivity (Wildman–Crippen MR) is 109 cm³/mol. The fraction of sp³-hybridized carbons (Fsp3) is 0.333. The number of hydrogen-bond acceptors (Lipinski definition) is 4. The number of benzene rings is 1. The molecular weight excluding hydrogens is 452 g/mol. The van der Waals surface area contributed by atoms with E-state index in [1.165, 1.54) is 29.7 Å². The zero-order valence-corrected chi connectivity index (χ0v) is 17.5. The van der Waals surface area contributed by atoms with Gasteiger partial charge in [-0.1, -0.05) is 11.6 Å². The van der Waals surface area contributed by atoms with Gasteiger partial charge in [0.1, 0.15) is 17.2 Å². The predicted octanol–water partition coefficient (Wildman–Crippen LogP) is 4.48. The highest BCUT2D eigenvalue weighted by molar-refractivity contribution is 6.30. The molecule has 3 heterocycles. The highest BCUT2D eigenvalue weighted by atomic mass is 35.5. The van der Waals surface area contributed by atoms with Gasteiger partial charge in [-0.2, -0.15) is 13.2 Å². The minimum atomic E-state index is -4.46. The monoisotopic (exact) mass is 470 g/mol. The Morgan fingerprint density at radius 3 is 2.75 bits per heavy atom. The van der Waals surface area contributed by atoms with E-state index in [9.17, 15) is 22.4 Å². The Hall–Kier alpha value is -2.85. The van der Waals surface area contributed by atoms with Gasteiger partial charge in [0.25, 0.3) is 0 Å². The van der Waals surface area contributed by atoms with Gasteiger partial charge in [0.05, 0.1) is 28.4 Å². The molecule has 0 bridgehead atoms. The van der Waals surface area contributed by atoms with E-state index in [0.717, 1.165) is 18.2 Å². The van der Waals surface area contributed by atoms with Gasteiger partial charge in [0.15, 0.2) is 6.23 Å². The van der Waals surface area contributed by atoms with Gasteiger partial charge in [-0.15, -0.1) is 0 Å². The molecule has 1 fully saturated rings. The first-order valence-corrected chi connectivity index (χ1v) is 10.2. The van der Waals surface area contributed by atoms with Crippen molar-refractivity contribution in [2.24, 2.45) is 0 Å². The minimum absolute atomic E-state index is 0.0480. The van der Waals surface area contributed by atoms with Gasteiger partial charge in [-0.3, -0.25) is 10.1 Å². The van der Waals surface area contributed by atoms with Crippen LogP contribution in [-0.2, 0) is 11.0 Å². The topological polar surface area (TPSA) is 67.7 Å². The first kappa shape index (κ1) is 22.3. The molecule has 2 N–H and O–H groups in total. The number of alkyl halides is 3. The Kier molecular flexibility index (Phi) is 6.00. The summed E-state index contributed by atoms with van der Waals surface area (Å²) in [5.41, 5.74) is -0.0882. The van der Waals surface area contributed by atoms with Crippen LogP contribution in [0.5, 0.6) is 5.75 Å². The van der Waals surface area contributed by atoms with Gasteiger partial charge in [-0.05, 0) is 37.1 Å². The molecule has 1 aliphatic rings. The van der Waals surface area contributed by atoms with E-state index >= 15 is 0 Å². The zero-order valence-electron chi connectivity index (χ0n) is 16.8. The summed E-state index contributed by atoms with van der Waals surface area (Å²) in [7, 11) is 0. The maximum Gasteiger partial charge on any atom is 0.416 e. The van der Waals surface area contributed by atoms with E-state index in [1.807, 2.05) is 0 Å². The van der Waals surface area contributed by atoms with E-state index in [4.69, 9.17) is 16.3 Å². The van der Waals surface area contributed by atoms with Crippen LogP contribution in [0.4, 0.5) is 17.6 Å². The Morgan fingerprint density at radius 1 is 1.28 bits per heavy atom. The molecule has 1 unspecified atom stereocenters. The smallest absolute Gasteiger partial charge is 0.416 e. The molecule has 1 aromatic carbocycles. The van der Waals surface area contributed by atoms with Gasteiger partial charge < -0.3 is 14.5 Å². The molecule has 6 nitrogen and oxygen atoms in total. The van der Waals surface area contributed by atoms with Crippen LogP contribution in [-0.4, -0.2) is 27.6 Å².